The molecule has 0 N–H and O–H groups in total. The Morgan fingerprint density at radius 3 is 2.46 bits per heavy atom. The minimum Gasteiger partial charge on any atom is -0.492 e. The fourth-order valence-corrected chi connectivity index (χ4v) is 3.34. The largest absolute Gasteiger partial charge is 0.492 e. The molecule has 1 amide bonds. The third-order valence-electron chi connectivity index (χ3n) is 4.74. The maximum atomic E-state index is 12.5. The zero-order valence-corrected chi connectivity index (χ0v) is 14.7. The van der Waals surface area contributed by atoms with Crippen LogP contribution in [-0.2, 0) is 9.53 Å². The van der Waals surface area contributed by atoms with Crippen molar-refractivity contribution in [3.63, 3.8) is 0 Å². The van der Waals surface area contributed by atoms with Gasteiger partial charge in [0.1, 0.15) is 12.4 Å². The Kier molecular flexibility index (Phi) is 6.35. The monoisotopic (exact) mass is 352 g/mol. The molecule has 132 valence electrons. The van der Waals surface area contributed by atoms with E-state index in [4.69, 9.17) is 21.1 Å². The second-order valence-electron chi connectivity index (χ2n) is 6.36. The minimum atomic E-state index is 0.165. The number of benzene rings is 1. The van der Waals surface area contributed by atoms with E-state index < -0.39 is 0 Å². The van der Waals surface area contributed by atoms with E-state index in [0.29, 0.717) is 17.5 Å². The smallest absolute Gasteiger partial charge is 0.225 e. The Labute approximate surface area is 148 Å². The molecule has 2 aliphatic rings. The summed E-state index contributed by atoms with van der Waals surface area (Å²) in [6.45, 7) is 6.43. The lowest BCUT2D eigenvalue weighted by Gasteiger charge is -2.37. The molecule has 0 atom stereocenters. The molecule has 0 unspecified atom stereocenters. The lowest BCUT2D eigenvalue weighted by molar-refractivity contribution is -0.140. The molecule has 5 nitrogen and oxygen atoms in total. The Balaban J connectivity index is 1.35. The van der Waals surface area contributed by atoms with Crippen LogP contribution in [0.1, 0.15) is 12.8 Å². The van der Waals surface area contributed by atoms with Gasteiger partial charge in [0.05, 0.1) is 0 Å². The van der Waals surface area contributed by atoms with Gasteiger partial charge in [-0.05, 0) is 37.1 Å². The maximum absolute atomic E-state index is 12.5. The highest BCUT2D eigenvalue weighted by molar-refractivity contribution is 6.30. The van der Waals surface area contributed by atoms with Gasteiger partial charge in [-0.3, -0.25) is 9.69 Å². The first kappa shape index (κ1) is 17.5. The van der Waals surface area contributed by atoms with Crippen LogP contribution in [0.15, 0.2) is 24.3 Å². The van der Waals surface area contributed by atoms with Crippen molar-refractivity contribution in [2.45, 2.75) is 12.8 Å². The molecule has 0 bridgehead atoms. The lowest BCUT2D eigenvalue weighted by Crippen LogP contribution is -2.51. The van der Waals surface area contributed by atoms with Crippen LogP contribution in [0.25, 0.3) is 0 Å². The Bertz CT molecular complexity index is 524. The number of halogens is 1. The van der Waals surface area contributed by atoms with Crippen LogP contribution in [0.5, 0.6) is 5.75 Å². The maximum Gasteiger partial charge on any atom is 0.225 e. The van der Waals surface area contributed by atoms with Crippen molar-refractivity contribution in [2.75, 3.05) is 52.5 Å². The molecule has 2 fully saturated rings. The van der Waals surface area contributed by atoms with Gasteiger partial charge in [0.2, 0.25) is 5.91 Å². The van der Waals surface area contributed by atoms with Gasteiger partial charge in [-0.15, -0.1) is 0 Å². The summed E-state index contributed by atoms with van der Waals surface area (Å²) in [4.78, 5) is 16.9. The molecule has 24 heavy (non-hydrogen) atoms. The molecule has 2 saturated heterocycles. The second-order valence-corrected chi connectivity index (χ2v) is 6.79. The first-order valence-electron chi connectivity index (χ1n) is 8.69. The highest BCUT2D eigenvalue weighted by atomic mass is 35.5. The predicted molar refractivity (Wildman–Crippen MR) is 93.5 cm³/mol. The van der Waals surface area contributed by atoms with Crippen molar-refractivity contribution in [2.24, 2.45) is 5.92 Å². The van der Waals surface area contributed by atoms with Crippen LogP contribution in [0.2, 0.25) is 5.02 Å². The van der Waals surface area contributed by atoms with Gasteiger partial charge in [0.15, 0.2) is 0 Å². The van der Waals surface area contributed by atoms with Gasteiger partial charge in [-0.25, -0.2) is 0 Å². The summed E-state index contributed by atoms with van der Waals surface area (Å²) in [5, 5.41) is 0.715. The van der Waals surface area contributed by atoms with Crippen LogP contribution in [0.3, 0.4) is 0 Å². The van der Waals surface area contributed by atoms with E-state index >= 15 is 0 Å². The van der Waals surface area contributed by atoms with Crippen LogP contribution < -0.4 is 4.74 Å². The van der Waals surface area contributed by atoms with Crippen LogP contribution >= 0.6 is 11.6 Å². The van der Waals surface area contributed by atoms with Crippen molar-refractivity contribution in [1.29, 1.82) is 0 Å². The molecular weight excluding hydrogens is 328 g/mol. The number of ether oxygens (including phenoxy) is 2. The number of carbonyl (C=O) groups is 1. The number of nitrogens with zero attached hydrogens (tertiary/aromatic N) is 2. The summed E-state index contributed by atoms with van der Waals surface area (Å²) in [6, 6.07) is 7.43. The molecule has 2 heterocycles. The standard InChI is InChI=1S/C18H25ClN2O3/c19-16-1-3-17(4-2-16)24-14-11-20-7-9-21(10-8-20)18(22)15-5-12-23-13-6-15/h1-4,15H,5-14H2. The highest BCUT2D eigenvalue weighted by Crippen LogP contribution is 2.19. The number of hydrogen-bond donors (Lipinski definition) is 0. The number of piperazine rings is 1. The number of amides is 1. The van der Waals surface area contributed by atoms with E-state index in [1.165, 1.54) is 0 Å². The van der Waals surface area contributed by atoms with Crippen LogP contribution in [0.4, 0.5) is 0 Å². The Morgan fingerprint density at radius 1 is 1.12 bits per heavy atom. The second kappa shape index (κ2) is 8.70. The van der Waals surface area contributed by atoms with Gasteiger partial charge >= 0.3 is 0 Å². The first-order chi connectivity index (χ1) is 11.7. The van der Waals surface area contributed by atoms with E-state index in [1.54, 1.807) is 0 Å². The van der Waals surface area contributed by atoms with Crippen molar-refractivity contribution >= 4 is 17.5 Å². The predicted octanol–water partition coefficient (Wildman–Crippen LogP) is 2.29. The van der Waals surface area contributed by atoms with Gasteiger partial charge in [-0.2, -0.15) is 0 Å². The van der Waals surface area contributed by atoms with Crippen LogP contribution in [-0.4, -0.2) is 68.3 Å². The molecular formula is C18H25ClN2O3. The molecule has 3 rings (SSSR count). The average Bonchev–Trinajstić information content (AvgIpc) is 2.64. The molecule has 0 radical (unpaired) electrons. The first-order valence-corrected chi connectivity index (χ1v) is 9.07. The summed E-state index contributed by atoms with van der Waals surface area (Å²) in [6.07, 6.45) is 1.74. The summed E-state index contributed by atoms with van der Waals surface area (Å²) in [5.74, 6) is 1.32. The number of rotatable bonds is 5. The normalized spacial score (nSPS) is 20.1. The number of carbonyl (C=O) groups excluding carboxylic acids is 1. The van der Waals surface area contributed by atoms with Gasteiger partial charge in [0, 0.05) is 56.9 Å². The molecule has 1 aromatic rings. The number of hydrogen-bond acceptors (Lipinski definition) is 4. The average molecular weight is 353 g/mol. The summed E-state index contributed by atoms with van der Waals surface area (Å²) in [7, 11) is 0. The molecule has 2 aliphatic heterocycles. The Morgan fingerprint density at radius 2 is 1.79 bits per heavy atom. The molecule has 0 aliphatic carbocycles. The van der Waals surface area contributed by atoms with Gasteiger partial charge in [-0.1, -0.05) is 11.6 Å². The van der Waals surface area contributed by atoms with Gasteiger partial charge in [0.25, 0.3) is 0 Å². The lowest BCUT2D eigenvalue weighted by atomic mass is 9.98. The fourth-order valence-electron chi connectivity index (χ4n) is 3.22. The van der Waals surface area contributed by atoms with Crippen molar-refractivity contribution in [1.82, 2.24) is 9.80 Å². The van der Waals surface area contributed by atoms with Gasteiger partial charge < -0.3 is 14.4 Å². The van der Waals surface area contributed by atoms with Crippen molar-refractivity contribution < 1.29 is 14.3 Å². The molecule has 0 spiro atoms. The Hall–Kier alpha value is -1.30. The van der Waals surface area contributed by atoms with Crippen molar-refractivity contribution in [3.05, 3.63) is 29.3 Å². The molecule has 0 saturated carbocycles. The quantitative estimate of drug-likeness (QED) is 0.815. The van der Waals surface area contributed by atoms with Crippen molar-refractivity contribution in [3.8, 4) is 5.75 Å². The fraction of sp³-hybridized carbons (Fsp3) is 0.611. The SMILES string of the molecule is O=C(C1CCOCC1)N1CCN(CCOc2ccc(Cl)cc2)CC1. The summed E-state index contributed by atoms with van der Waals surface area (Å²) in [5.41, 5.74) is 0. The summed E-state index contributed by atoms with van der Waals surface area (Å²) >= 11 is 5.86. The molecule has 6 heteroatoms. The third-order valence-corrected chi connectivity index (χ3v) is 5.00. The van der Waals surface area contributed by atoms with Crippen LogP contribution in [0, 0.1) is 5.92 Å². The zero-order valence-electron chi connectivity index (χ0n) is 14.0. The molecule has 0 aromatic heterocycles. The summed E-state index contributed by atoms with van der Waals surface area (Å²) < 4.78 is 11.1. The third kappa shape index (κ3) is 4.85. The highest BCUT2D eigenvalue weighted by Gasteiger charge is 2.28. The van der Waals surface area contributed by atoms with E-state index in [0.717, 1.165) is 64.5 Å². The zero-order chi connectivity index (χ0) is 16.8. The topological polar surface area (TPSA) is 42.0 Å². The van der Waals surface area contributed by atoms with E-state index in [2.05, 4.69) is 4.90 Å². The minimum absolute atomic E-state index is 0.165. The van der Waals surface area contributed by atoms with E-state index in [9.17, 15) is 4.79 Å². The van der Waals surface area contributed by atoms with E-state index in [-0.39, 0.29) is 5.92 Å². The molecule has 1 aromatic carbocycles. The van der Waals surface area contributed by atoms with E-state index in [1.807, 2.05) is 29.2 Å².